The van der Waals surface area contributed by atoms with Crippen molar-refractivity contribution >= 4 is 11.1 Å². The Morgan fingerprint density at radius 1 is 0.500 bits per heavy atom. The summed E-state index contributed by atoms with van der Waals surface area (Å²) >= 11 is 0. The average molecular weight is 613 g/mol. The summed E-state index contributed by atoms with van der Waals surface area (Å²) in [7, 11) is 0. The number of oxazole rings is 1. The molecular weight excluding hydrogens is 585 g/mol. The molecule has 0 saturated carbocycles. The van der Waals surface area contributed by atoms with Crippen molar-refractivity contribution in [3.05, 3.63) is 198 Å². The second kappa shape index (κ2) is 11.1. The summed E-state index contributed by atoms with van der Waals surface area (Å²) in [5.41, 5.74) is 14.4. The highest BCUT2D eigenvalue weighted by molar-refractivity contribution is 5.97. The van der Waals surface area contributed by atoms with Crippen molar-refractivity contribution in [3.63, 3.8) is 0 Å². The number of nitriles is 1. The van der Waals surface area contributed by atoms with Crippen LogP contribution in [-0.2, 0) is 5.41 Å². The van der Waals surface area contributed by atoms with Crippen molar-refractivity contribution in [1.29, 1.82) is 5.26 Å². The van der Waals surface area contributed by atoms with Crippen LogP contribution in [0.3, 0.4) is 0 Å². The van der Waals surface area contributed by atoms with Crippen LogP contribution in [0.2, 0.25) is 0 Å². The fourth-order valence-corrected chi connectivity index (χ4v) is 7.55. The van der Waals surface area contributed by atoms with Gasteiger partial charge in [0, 0.05) is 5.56 Å². The smallest absolute Gasteiger partial charge is 0.227 e. The van der Waals surface area contributed by atoms with Gasteiger partial charge in [-0.1, -0.05) is 133 Å². The minimum absolute atomic E-state index is 0.453. The first-order valence-corrected chi connectivity index (χ1v) is 16.1. The average Bonchev–Trinajstić information content (AvgIpc) is 3.73. The molecule has 1 aromatic heterocycles. The quantitative estimate of drug-likeness (QED) is 0.194. The van der Waals surface area contributed by atoms with Crippen molar-refractivity contribution in [2.75, 3.05) is 0 Å². The lowest BCUT2D eigenvalue weighted by molar-refractivity contribution is 0.620. The maximum absolute atomic E-state index is 9.38. The van der Waals surface area contributed by atoms with Crippen LogP contribution in [0.1, 0.15) is 27.8 Å². The molecule has 3 heteroatoms. The lowest BCUT2D eigenvalue weighted by atomic mass is 9.67. The molecule has 0 unspecified atom stereocenters. The van der Waals surface area contributed by atoms with Gasteiger partial charge >= 0.3 is 0 Å². The molecule has 1 aliphatic carbocycles. The molecule has 0 aliphatic heterocycles. The van der Waals surface area contributed by atoms with Crippen molar-refractivity contribution in [1.82, 2.24) is 4.98 Å². The molecule has 8 aromatic rings. The zero-order chi connectivity index (χ0) is 32.1. The minimum atomic E-state index is -0.453. The number of hydrogen-bond acceptors (Lipinski definition) is 3. The Hall–Kier alpha value is -6.50. The van der Waals surface area contributed by atoms with E-state index in [2.05, 4.69) is 133 Å². The zero-order valence-corrected chi connectivity index (χ0v) is 26.0. The number of fused-ring (bicyclic) bond motifs is 4. The molecule has 0 spiro atoms. The monoisotopic (exact) mass is 612 g/mol. The topological polar surface area (TPSA) is 49.8 Å². The molecule has 3 nitrogen and oxygen atoms in total. The van der Waals surface area contributed by atoms with Gasteiger partial charge in [0.1, 0.15) is 5.52 Å². The Morgan fingerprint density at radius 3 is 1.90 bits per heavy atom. The van der Waals surface area contributed by atoms with E-state index in [0.717, 1.165) is 38.9 Å². The van der Waals surface area contributed by atoms with E-state index < -0.39 is 5.41 Å². The van der Waals surface area contributed by atoms with E-state index in [1.165, 1.54) is 33.4 Å². The fourth-order valence-electron chi connectivity index (χ4n) is 7.55. The molecule has 0 atom stereocenters. The van der Waals surface area contributed by atoms with Gasteiger partial charge in [-0.15, -0.1) is 0 Å². The molecule has 9 rings (SSSR count). The largest absolute Gasteiger partial charge is 0.436 e. The number of hydrogen-bond donors (Lipinski definition) is 0. The maximum atomic E-state index is 9.38. The van der Waals surface area contributed by atoms with Gasteiger partial charge in [-0.05, 0) is 92.0 Å². The summed E-state index contributed by atoms with van der Waals surface area (Å²) in [4.78, 5) is 4.88. The van der Waals surface area contributed by atoms with Gasteiger partial charge < -0.3 is 4.42 Å². The van der Waals surface area contributed by atoms with Gasteiger partial charge in [-0.3, -0.25) is 0 Å². The first-order chi connectivity index (χ1) is 23.7. The van der Waals surface area contributed by atoms with Crippen molar-refractivity contribution in [3.8, 4) is 50.9 Å². The molecule has 7 aromatic carbocycles. The van der Waals surface area contributed by atoms with Crippen molar-refractivity contribution < 1.29 is 4.42 Å². The van der Waals surface area contributed by atoms with Gasteiger partial charge in [-0.25, -0.2) is 4.98 Å². The molecule has 224 valence electrons. The lowest BCUT2D eigenvalue weighted by Gasteiger charge is -2.34. The van der Waals surface area contributed by atoms with E-state index in [1.54, 1.807) is 0 Å². The van der Waals surface area contributed by atoms with Crippen LogP contribution >= 0.6 is 0 Å². The third-order valence-corrected chi connectivity index (χ3v) is 9.62. The highest BCUT2D eigenvalue weighted by atomic mass is 16.3. The highest BCUT2D eigenvalue weighted by Crippen LogP contribution is 2.58. The Morgan fingerprint density at radius 2 is 1.12 bits per heavy atom. The van der Waals surface area contributed by atoms with E-state index in [0.29, 0.717) is 11.5 Å². The lowest BCUT2D eigenvalue weighted by Crippen LogP contribution is -2.28. The second-order valence-corrected chi connectivity index (χ2v) is 12.2. The van der Waals surface area contributed by atoms with Crippen LogP contribution in [-0.4, -0.2) is 4.98 Å². The maximum Gasteiger partial charge on any atom is 0.227 e. The summed E-state index contributed by atoms with van der Waals surface area (Å²) in [6.07, 6.45) is 0. The Labute approximate surface area is 279 Å². The zero-order valence-electron chi connectivity index (χ0n) is 26.0. The van der Waals surface area contributed by atoms with Crippen LogP contribution in [0, 0.1) is 11.3 Å². The fraction of sp³-hybridized carbons (Fsp3) is 0.0222. The summed E-state index contributed by atoms with van der Waals surface area (Å²) in [6.45, 7) is 0. The summed E-state index contributed by atoms with van der Waals surface area (Å²) < 4.78 is 6.46. The number of nitrogens with zero attached hydrogens (tertiary/aromatic N) is 2. The van der Waals surface area contributed by atoms with Gasteiger partial charge in [0.05, 0.1) is 17.0 Å². The summed E-state index contributed by atoms with van der Waals surface area (Å²) in [5.74, 6) is 0.566. The van der Waals surface area contributed by atoms with E-state index in [4.69, 9.17) is 9.40 Å². The molecule has 1 aliphatic rings. The van der Waals surface area contributed by atoms with Gasteiger partial charge in [-0.2, -0.15) is 5.26 Å². The predicted octanol–water partition coefficient (Wildman–Crippen LogP) is 11.1. The normalized spacial score (nSPS) is 12.7. The summed E-state index contributed by atoms with van der Waals surface area (Å²) in [6, 6.07) is 61.6. The van der Waals surface area contributed by atoms with Gasteiger partial charge in [0.25, 0.3) is 0 Å². The van der Waals surface area contributed by atoms with Crippen molar-refractivity contribution in [2.45, 2.75) is 5.41 Å². The first-order valence-electron chi connectivity index (χ1n) is 16.1. The molecule has 0 fully saturated rings. The molecule has 0 bridgehead atoms. The molecule has 0 amide bonds. The second-order valence-electron chi connectivity index (χ2n) is 12.2. The van der Waals surface area contributed by atoms with E-state index in [9.17, 15) is 5.26 Å². The number of benzene rings is 7. The number of rotatable bonds is 5. The van der Waals surface area contributed by atoms with Crippen molar-refractivity contribution in [2.24, 2.45) is 0 Å². The van der Waals surface area contributed by atoms with Gasteiger partial charge in [0.2, 0.25) is 5.89 Å². The Kier molecular flexibility index (Phi) is 6.42. The molecule has 0 N–H and O–H groups in total. The Bertz CT molecular complexity index is 2480. The minimum Gasteiger partial charge on any atom is -0.436 e. The predicted molar refractivity (Wildman–Crippen MR) is 192 cm³/mol. The standard InChI is InChI=1S/C45H28N2O/c46-29-30-12-9-13-31(26-30)32-14-10-15-34(27-32)44-47-41-25-24-33(28-42(41)48-44)37-21-11-23-40-43(37)38-20-7-8-22-39(38)45(40,35-16-3-1-4-17-35)36-18-5-2-6-19-36/h1-28H. The van der Waals surface area contributed by atoms with E-state index in [1.807, 2.05) is 42.5 Å². The third kappa shape index (κ3) is 4.24. The van der Waals surface area contributed by atoms with Crippen LogP contribution in [0.15, 0.2) is 174 Å². The molecular formula is C45H28N2O. The number of aromatic nitrogens is 1. The highest BCUT2D eigenvalue weighted by Gasteiger charge is 2.46. The summed E-state index contributed by atoms with van der Waals surface area (Å²) in [5, 5.41) is 9.38. The van der Waals surface area contributed by atoms with Crippen LogP contribution in [0.4, 0.5) is 0 Å². The molecule has 0 radical (unpaired) electrons. The van der Waals surface area contributed by atoms with E-state index >= 15 is 0 Å². The first kappa shape index (κ1) is 27.8. The SMILES string of the molecule is N#Cc1cccc(-c2cccc(-c3nc4ccc(-c5cccc6c5-c5ccccc5C6(c5ccccc5)c5ccccc5)cc4o3)c2)c1. The van der Waals surface area contributed by atoms with Crippen LogP contribution < -0.4 is 0 Å². The van der Waals surface area contributed by atoms with Gasteiger partial charge in [0.15, 0.2) is 5.58 Å². The van der Waals surface area contributed by atoms with E-state index in [-0.39, 0.29) is 0 Å². The third-order valence-electron chi connectivity index (χ3n) is 9.62. The van der Waals surface area contributed by atoms with Crippen LogP contribution in [0.5, 0.6) is 0 Å². The van der Waals surface area contributed by atoms with Crippen LogP contribution in [0.25, 0.3) is 55.9 Å². The molecule has 48 heavy (non-hydrogen) atoms. The molecule has 1 heterocycles. The Balaban J connectivity index is 1.20. The molecule has 0 saturated heterocycles.